The zero-order chi connectivity index (χ0) is 20.3. The molecule has 1 fully saturated rings. The zero-order valence-electron chi connectivity index (χ0n) is 16.0. The number of amides is 1. The van der Waals surface area contributed by atoms with Gasteiger partial charge in [-0.1, -0.05) is 28.1 Å². The second-order valence-electron chi connectivity index (χ2n) is 7.11. The molecule has 0 radical (unpaired) electrons. The van der Waals surface area contributed by atoms with Gasteiger partial charge >= 0.3 is 0 Å². The summed E-state index contributed by atoms with van der Waals surface area (Å²) in [7, 11) is -3.29. The Morgan fingerprint density at radius 1 is 1.29 bits per heavy atom. The van der Waals surface area contributed by atoms with Gasteiger partial charge in [-0.2, -0.15) is 0 Å². The molecule has 1 N–H and O–H groups in total. The summed E-state index contributed by atoms with van der Waals surface area (Å²) in [4.78, 5) is 19.6. The Kier molecular flexibility index (Phi) is 6.52. The average molecular weight is 466 g/mol. The van der Waals surface area contributed by atoms with Crippen molar-refractivity contribution in [3.8, 4) is 11.3 Å². The van der Waals surface area contributed by atoms with Crippen molar-refractivity contribution >= 4 is 31.9 Å². The summed E-state index contributed by atoms with van der Waals surface area (Å²) in [5.41, 5.74) is 3.02. The van der Waals surface area contributed by atoms with E-state index in [2.05, 4.69) is 25.6 Å². The Hall–Kier alpha value is -1.77. The van der Waals surface area contributed by atoms with Gasteiger partial charge in [0.15, 0.2) is 0 Å². The zero-order valence-corrected chi connectivity index (χ0v) is 18.4. The molecule has 2 aromatic rings. The fourth-order valence-electron chi connectivity index (χ4n) is 3.48. The van der Waals surface area contributed by atoms with Crippen molar-refractivity contribution in [3.05, 3.63) is 52.1 Å². The molecule has 0 aliphatic carbocycles. The summed E-state index contributed by atoms with van der Waals surface area (Å²) in [6.07, 6.45) is 3.83. The number of benzene rings is 1. The van der Waals surface area contributed by atoms with Crippen LogP contribution in [-0.2, 0) is 10.0 Å². The van der Waals surface area contributed by atoms with E-state index >= 15 is 0 Å². The molecule has 150 valence electrons. The van der Waals surface area contributed by atoms with Crippen LogP contribution in [0.2, 0.25) is 0 Å². The van der Waals surface area contributed by atoms with Crippen molar-refractivity contribution in [2.75, 3.05) is 19.3 Å². The summed E-state index contributed by atoms with van der Waals surface area (Å²) in [6, 6.07) is 11.4. The summed E-state index contributed by atoms with van der Waals surface area (Å²) in [6.45, 7) is 2.71. The van der Waals surface area contributed by atoms with Crippen LogP contribution in [0.5, 0.6) is 0 Å². The Bertz CT molecular complexity index is 978. The number of halogens is 1. The topological polar surface area (TPSA) is 79.4 Å². The quantitative estimate of drug-likeness (QED) is 0.733. The first-order valence-electron chi connectivity index (χ1n) is 9.24. The molecule has 28 heavy (non-hydrogen) atoms. The number of rotatable bonds is 5. The molecule has 2 heterocycles. The lowest BCUT2D eigenvalue weighted by atomic mass is 10.00. The lowest BCUT2D eigenvalue weighted by molar-refractivity contribution is 0.0617. The van der Waals surface area contributed by atoms with E-state index in [1.54, 1.807) is 4.90 Å². The van der Waals surface area contributed by atoms with Crippen LogP contribution in [0, 0.1) is 6.92 Å². The number of pyridine rings is 1. The molecule has 1 unspecified atom stereocenters. The lowest BCUT2D eigenvalue weighted by Crippen LogP contribution is -2.49. The van der Waals surface area contributed by atoms with E-state index in [0.717, 1.165) is 41.2 Å². The van der Waals surface area contributed by atoms with E-state index in [1.807, 2.05) is 43.3 Å². The van der Waals surface area contributed by atoms with Crippen molar-refractivity contribution < 1.29 is 13.2 Å². The molecular formula is C20H24BrN3O3S. The molecular weight excluding hydrogens is 442 g/mol. The monoisotopic (exact) mass is 465 g/mol. The summed E-state index contributed by atoms with van der Waals surface area (Å²) in [5, 5.41) is 0. The standard InChI is InChI=1S/C20H24BrN3O3S/c1-14-18(9-10-19(23-14)15-6-5-7-16(21)12-15)20(25)24-11-4-3-8-17(24)13-22-28(2,26)27/h5-7,9-10,12,17,22H,3-4,8,11,13H2,1-2H3. The highest BCUT2D eigenvalue weighted by Crippen LogP contribution is 2.25. The maximum atomic E-state index is 13.2. The smallest absolute Gasteiger partial charge is 0.255 e. The summed E-state index contributed by atoms with van der Waals surface area (Å²) in [5.74, 6) is -0.0919. The molecule has 1 aliphatic rings. The van der Waals surface area contributed by atoms with E-state index in [-0.39, 0.29) is 18.5 Å². The predicted octanol–water partition coefficient (Wildman–Crippen LogP) is 3.36. The number of nitrogens with zero attached hydrogens (tertiary/aromatic N) is 2. The molecule has 1 aromatic carbocycles. The molecule has 0 spiro atoms. The van der Waals surface area contributed by atoms with E-state index in [9.17, 15) is 13.2 Å². The van der Waals surface area contributed by atoms with Crippen molar-refractivity contribution in [1.29, 1.82) is 0 Å². The van der Waals surface area contributed by atoms with Gasteiger partial charge in [-0.05, 0) is 50.5 Å². The highest BCUT2D eigenvalue weighted by molar-refractivity contribution is 9.10. The number of hydrogen-bond donors (Lipinski definition) is 1. The van der Waals surface area contributed by atoms with Crippen LogP contribution in [0.15, 0.2) is 40.9 Å². The van der Waals surface area contributed by atoms with Crippen LogP contribution in [0.1, 0.15) is 35.3 Å². The highest BCUT2D eigenvalue weighted by Gasteiger charge is 2.29. The first-order chi connectivity index (χ1) is 13.2. The maximum absolute atomic E-state index is 13.2. The number of likely N-dealkylation sites (tertiary alicyclic amines) is 1. The van der Waals surface area contributed by atoms with Crippen LogP contribution in [0.25, 0.3) is 11.3 Å². The molecule has 3 rings (SSSR count). The number of carbonyl (C=O) groups excluding carboxylic acids is 1. The average Bonchev–Trinajstić information content (AvgIpc) is 2.65. The van der Waals surface area contributed by atoms with E-state index in [4.69, 9.17) is 0 Å². The largest absolute Gasteiger partial charge is 0.334 e. The number of carbonyl (C=O) groups is 1. The van der Waals surface area contributed by atoms with Gasteiger partial charge in [0.05, 0.1) is 23.2 Å². The van der Waals surface area contributed by atoms with Gasteiger partial charge in [0.1, 0.15) is 0 Å². The Morgan fingerprint density at radius 3 is 2.75 bits per heavy atom. The third kappa shape index (κ3) is 5.18. The summed E-state index contributed by atoms with van der Waals surface area (Å²) >= 11 is 3.47. The Morgan fingerprint density at radius 2 is 2.07 bits per heavy atom. The second-order valence-corrected chi connectivity index (χ2v) is 9.86. The normalized spacial score (nSPS) is 17.5. The summed E-state index contributed by atoms with van der Waals surface area (Å²) < 4.78 is 26.4. The number of piperidine rings is 1. The molecule has 1 aliphatic heterocycles. The van der Waals surface area contributed by atoms with Crippen LogP contribution >= 0.6 is 15.9 Å². The molecule has 1 atom stereocenters. The number of aromatic nitrogens is 1. The fourth-order valence-corrected chi connectivity index (χ4v) is 4.37. The molecule has 8 heteroatoms. The van der Waals surface area contributed by atoms with Crippen molar-refractivity contribution in [3.63, 3.8) is 0 Å². The van der Waals surface area contributed by atoms with Gasteiger partial charge in [0.2, 0.25) is 10.0 Å². The minimum absolute atomic E-state index is 0.0919. The molecule has 1 saturated heterocycles. The third-order valence-electron chi connectivity index (χ3n) is 4.91. The lowest BCUT2D eigenvalue weighted by Gasteiger charge is -2.36. The highest BCUT2D eigenvalue weighted by atomic mass is 79.9. The van der Waals surface area contributed by atoms with Crippen molar-refractivity contribution in [1.82, 2.24) is 14.6 Å². The van der Waals surface area contributed by atoms with Crippen molar-refractivity contribution in [2.24, 2.45) is 0 Å². The van der Waals surface area contributed by atoms with Gasteiger partial charge in [-0.15, -0.1) is 0 Å². The van der Waals surface area contributed by atoms with Crippen LogP contribution in [0.4, 0.5) is 0 Å². The Balaban J connectivity index is 1.82. The fraction of sp³-hybridized carbons (Fsp3) is 0.400. The van der Waals surface area contributed by atoms with Crippen LogP contribution < -0.4 is 4.72 Å². The molecule has 6 nitrogen and oxygen atoms in total. The van der Waals surface area contributed by atoms with E-state index in [1.165, 1.54) is 0 Å². The first kappa shape index (κ1) is 21.0. The van der Waals surface area contributed by atoms with Gasteiger partial charge in [0, 0.05) is 29.2 Å². The first-order valence-corrected chi connectivity index (χ1v) is 11.9. The second kappa shape index (κ2) is 8.71. The SMILES string of the molecule is Cc1nc(-c2cccc(Br)c2)ccc1C(=O)N1CCCCC1CNS(C)(=O)=O. The molecule has 0 bridgehead atoms. The molecule has 0 saturated carbocycles. The Labute approximate surface area is 174 Å². The molecule has 1 aromatic heterocycles. The third-order valence-corrected chi connectivity index (χ3v) is 6.09. The molecule has 1 amide bonds. The van der Waals surface area contributed by atoms with Crippen LogP contribution in [-0.4, -0.2) is 49.6 Å². The minimum atomic E-state index is -3.29. The predicted molar refractivity (Wildman–Crippen MR) is 114 cm³/mol. The maximum Gasteiger partial charge on any atom is 0.255 e. The van der Waals surface area contributed by atoms with Crippen molar-refractivity contribution in [2.45, 2.75) is 32.2 Å². The van der Waals surface area contributed by atoms with E-state index < -0.39 is 10.0 Å². The number of hydrogen-bond acceptors (Lipinski definition) is 4. The number of nitrogens with one attached hydrogen (secondary N) is 1. The number of aryl methyl sites for hydroxylation is 1. The van der Waals surface area contributed by atoms with E-state index in [0.29, 0.717) is 17.8 Å². The minimum Gasteiger partial charge on any atom is -0.334 e. The van der Waals surface area contributed by atoms with Gasteiger partial charge in [-0.25, -0.2) is 13.1 Å². The van der Waals surface area contributed by atoms with Gasteiger partial charge in [-0.3, -0.25) is 9.78 Å². The van der Waals surface area contributed by atoms with Gasteiger partial charge in [0.25, 0.3) is 5.91 Å². The van der Waals surface area contributed by atoms with Gasteiger partial charge < -0.3 is 4.90 Å². The number of sulfonamides is 1. The van der Waals surface area contributed by atoms with Crippen LogP contribution in [0.3, 0.4) is 0 Å².